The van der Waals surface area contributed by atoms with Gasteiger partial charge in [0.1, 0.15) is 6.07 Å². The molecule has 2 rings (SSSR count). The lowest BCUT2D eigenvalue weighted by Gasteiger charge is -2.32. The lowest BCUT2D eigenvalue weighted by atomic mass is 9.76. The highest BCUT2D eigenvalue weighted by atomic mass is 35.5. The van der Waals surface area contributed by atoms with E-state index in [1.54, 1.807) is 12.1 Å². The fourth-order valence-electron chi connectivity index (χ4n) is 1.83. The van der Waals surface area contributed by atoms with Gasteiger partial charge in [-0.3, -0.25) is 0 Å². The summed E-state index contributed by atoms with van der Waals surface area (Å²) in [5, 5.41) is 9.60. The van der Waals surface area contributed by atoms with Gasteiger partial charge in [-0.1, -0.05) is 23.7 Å². The average molecular weight is 264 g/mol. The van der Waals surface area contributed by atoms with Crippen molar-refractivity contribution in [2.24, 2.45) is 0 Å². The molecule has 0 spiro atoms. The van der Waals surface area contributed by atoms with Crippen molar-refractivity contribution in [3.63, 3.8) is 0 Å². The van der Waals surface area contributed by atoms with Gasteiger partial charge in [-0.2, -0.15) is 5.26 Å². The standard InChI is InChI=1S/C13H15BClNO2/c1-12(2)13(3,4)18-14(17-12)10-6-5-7-11(15)9(10)8-16/h5-7H,1-4H3. The molecule has 3 nitrogen and oxygen atoms in total. The first-order chi connectivity index (χ1) is 8.28. The summed E-state index contributed by atoms with van der Waals surface area (Å²) in [6.45, 7) is 7.90. The molecule has 0 aliphatic carbocycles. The predicted octanol–water partition coefficient (Wildman–Crippen LogP) is 2.51. The molecule has 18 heavy (non-hydrogen) atoms. The molecule has 1 aromatic carbocycles. The quantitative estimate of drug-likeness (QED) is 0.731. The summed E-state index contributed by atoms with van der Waals surface area (Å²) in [5.41, 5.74) is 0.251. The molecule has 0 radical (unpaired) electrons. The van der Waals surface area contributed by atoms with Gasteiger partial charge < -0.3 is 9.31 Å². The lowest BCUT2D eigenvalue weighted by Crippen LogP contribution is -2.41. The Hall–Kier alpha value is -1.02. The van der Waals surface area contributed by atoms with E-state index >= 15 is 0 Å². The molecular formula is C13H15BClNO2. The van der Waals surface area contributed by atoms with E-state index in [-0.39, 0.29) is 0 Å². The van der Waals surface area contributed by atoms with Gasteiger partial charge >= 0.3 is 7.12 Å². The van der Waals surface area contributed by atoms with Crippen LogP contribution in [-0.4, -0.2) is 18.3 Å². The summed E-state index contributed by atoms with van der Waals surface area (Å²) in [5.74, 6) is 0. The number of halogens is 1. The van der Waals surface area contributed by atoms with Crippen LogP contribution in [0.3, 0.4) is 0 Å². The maximum Gasteiger partial charge on any atom is 0.496 e. The van der Waals surface area contributed by atoms with E-state index in [9.17, 15) is 5.26 Å². The molecule has 1 heterocycles. The van der Waals surface area contributed by atoms with Gasteiger partial charge in [0.05, 0.1) is 21.8 Å². The molecule has 1 saturated heterocycles. The minimum absolute atomic E-state index is 0.415. The molecule has 1 aliphatic heterocycles. The van der Waals surface area contributed by atoms with Crippen LogP contribution in [0.15, 0.2) is 18.2 Å². The van der Waals surface area contributed by atoms with E-state index in [0.717, 1.165) is 0 Å². The Morgan fingerprint density at radius 2 is 1.72 bits per heavy atom. The second-order valence-electron chi connectivity index (χ2n) is 5.40. The minimum atomic E-state index is -0.552. The molecule has 0 amide bonds. The Morgan fingerprint density at radius 3 is 2.22 bits per heavy atom. The maximum atomic E-state index is 9.17. The topological polar surface area (TPSA) is 42.2 Å². The van der Waals surface area contributed by atoms with Crippen LogP contribution in [-0.2, 0) is 9.31 Å². The number of hydrogen-bond donors (Lipinski definition) is 0. The molecule has 5 heteroatoms. The van der Waals surface area contributed by atoms with E-state index in [4.69, 9.17) is 20.9 Å². The fourth-order valence-corrected chi connectivity index (χ4v) is 2.05. The van der Waals surface area contributed by atoms with Crippen LogP contribution < -0.4 is 5.46 Å². The van der Waals surface area contributed by atoms with Crippen LogP contribution in [0.4, 0.5) is 0 Å². The number of benzene rings is 1. The van der Waals surface area contributed by atoms with E-state index < -0.39 is 18.3 Å². The molecule has 0 N–H and O–H groups in total. The van der Waals surface area contributed by atoms with Crippen molar-refractivity contribution in [2.75, 3.05) is 0 Å². The van der Waals surface area contributed by atoms with Crippen molar-refractivity contribution in [1.82, 2.24) is 0 Å². The van der Waals surface area contributed by atoms with Crippen molar-refractivity contribution in [3.05, 3.63) is 28.8 Å². The smallest absolute Gasteiger partial charge is 0.399 e. The largest absolute Gasteiger partial charge is 0.496 e. The SMILES string of the molecule is CC1(C)OB(c2cccc(Cl)c2C#N)OC1(C)C. The first kappa shape index (κ1) is 13.4. The van der Waals surface area contributed by atoms with Crippen molar-refractivity contribution in [1.29, 1.82) is 5.26 Å². The molecule has 0 unspecified atom stereocenters. The number of rotatable bonds is 1. The van der Waals surface area contributed by atoms with Crippen LogP contribution in [0.25, 0.3) is 0 Å². The van der Waals surface area contributed by atoms with Gasteiger partial charge in [0.15, 0.2) is 0 Å². The van der Waals surface area contributed by atoms with Crippen molar-refractivity contribution < 1.29 is 9.31 Å². The van der Waals surface area contributed by atoms with E-state index in [1.165, 1.54) is 0 Å². The van der Waals surface area contributed by atoms with E-state index in [1.807, 2.05) is 33.8 Å². The van der Waals surface area contributed by atoms with Gasteiger partial charge in [-0.05, 0) is 33.8 Å². The number of hydrogen-bond acceptors (Lipinski definition) is 3. The van der Waals surface area contributed by atoms with E-state index in [0.29, 0.717) is 16.0 Å². The first-order valence-electron chi connectivity index (χ1n) is 5.82. The summed E-state index contributed by atoms with van der Waals surface area (Å²) in [7, 11) is -0.552. The zero-order valence-electron chi connectivity index (χ0n) is 11.0. The van der Waals surface area contributed by atoms with Crippen LogP contribution in [0.2, 0.25) is 5.02 Å². The third-order valence-corrected chi connectivity index (χ3v) is 3.98. The Morgan fingerprint density at radius 1 is 1.17 bits per heavy atom. The zero-order valence-corrected chi connectivity index (χ0v) is 11.7. The molecular weight excluding hydrogens is 248 g/mol. The summed E-state index contributed by atoms with van der Waals surface area (Å²) in [6.07, 6.45) is 0. The van der Waals surface area contributed by atoms with Gasteiger partial charge in [-0.25, -0.2) is 0 Å². The highest BCUT2D eigenvalue weighted by Crippen LogP contribution is 2.36. The minimum Gasteiger partial charge on any atom is -0.399 e. The molecule has 1 fully saturated rings. The van der Waals surface area contributed by atoms with Crippen LogP contribution in [0, 0.1) is 11.3 Å². The molecule has 0 aromatic heterocycles. The highest BCUT2D eigenvalue weighted by molar-refractivity contribution is 6.63. The van der Waals surface area contributed by atoms with Crippen molar-refractivity contribution >= 4 is 24.2 Å². The summed E-state index contributed by atoms with van der Waals surface area (Å²) < 4.78 is 11.8. The first-order valence-corrected chi connectivity index (χ1v) is 6.20. The number of nitrogens with zero attached hydrogens (tertiary/aromatic N) is 1. The molecule has 0 saturated carbocycles. The molecule has 94 valence electrons. The third-order valence-electron chi connectivity index (χ3n) is 3.66. The predicted molar refractivity (Wildman–Crippen MR) is 71.9 cm³/mol. The monoisotopic (exact) mass is 263 g/mol. The summed E-state index contributed by atoms with van der Waals surface area (Å²) in [6, 6.07) is 7.40. The highest BCUT2D eigenvalue weighted by Gasteiger charge is 2.52. The van der Waals surface area contributed by atoms with Crippen molar-refractivity contribution in [2.45, 2.75) is 38.9 Å². The lowest BCUT2D eigenvalue weighted by molar-refractivity contribution is 0.00578. The van der Waals surface area contributed by atoms with Crippen LogP contribution in [0.5, 0.6) is 0 Å². The van der Waals surface area contributed by atoms with Gasteiger partial charge in [0.25, 0.3) is 0 Å². The second-order valence-corrected chi connectivity index (χ2v) is 5.81. The molecule has 1 aromatic rings. The Kier molecular flexibility index (Phi) is 3.18. The zero-order chi connectivity index (χ0) is 13.6. The van der Waals surface area contributed by atoms with Crippen LogP contribution >= 0.6 is 11.6 Å². The molecule has 0 bridgehead atoms. The Bertz CT molecular complexity index is 506. The Balaban J connectivity index is 2.42. The van der Waals surface area contributed by atoms with Gasteiger partial charge in [0.2, 0.25) is 0 Å². The van der Waals surface area contributed by atoms with E-state index in [2.05, 4.69) is 6.07 Å². The summed E-state index contributed by atoms with van der Waals surface area (Å²) >= 11 is 6.02. The van der Waals surface area contributed by atoms with Crippen molar-refractivity contribution in [3.8, 4) is 6.07 Å². The van der Waals surface area contributed by atoms with Crippen LogP contribution in [0.1, 0.15) is 33.3 Å². The third kappa shape index (κ3) is 2.03. The average Bonchev–Trinajstić information content (AvgIpc) is 2.47. The number of nitriles is 1. The van der Waals surface area contributed by atoms with Gasteiger partial charge in [-0.15, -0.1) is 0 Å². The summed E-state index contributed by atoms with van der Waals surface area (Å²) in [4.78, 5) is 0. The Labute approximate surface area is 113 Å². The maximum absolute atomic E-state index is 9.17. The molecule has 1 aliphatic rings. The second kappa shape index (κ2) is 4.27. The molecule has 0 atom stereocenters. The van der Waals surface area contributed by atoms with Gasteiger partial charge in [0, 0.05) is 5.46 Å². The normalized spacial score (nSPS) is 20.8. The fraction of sp³-hybridized carbons (Fsp3) is 0.462.